The van der Waals surface area contributed by atoms with E-state index in [-0.39, 0.29) is 25.0 Å². The van der Waals surface area contributed by atoms with Crippen LogP contribution < -0.4 is 5.32 Å². The molecule has 0 rings (SSSR count). The first-order valence-electron chi connectivity index (χ1n) is 5.88. The number of hydrogen-bond acceptors (Lipinski definition) is 4. The first kappa shape index (κ1) is 16.7. The van der Waals surface area contributed by atoms with Crippen molar-refractivity contribution in [2.24, 2.45) is 0 Å². The standard InChI is InChI=1S/C11H22N2O5/c1-4-13(8(2)7-18-3)11(17)12-6-5-9(14)10(15)16/h8-9,14H,4-7H2,1-3H3,(H,12,17)(H,15,16)/t8?,9-/m0/s1. The van der Waals surface area contributed by atoms with Gasteiger partial charge >= 0.3 is 12.0 Å². The number of amides is 2. The van der Waals surface area contributed by atoms with Crippen LogP contribution in [0.5, 0.6) is 0 Å². The first-order valence-corrected chi connectivity index (χ1v) is 5.88. The summed E-state index contributed by atoms with van der Waals surface area (Å²) in [4.78, 5) is 23.7. The molecule has 18 heavy (non-hydrogen) atoms. The third-order valence-electron chi connectivity index (χ3n) is 2.52. The van der Waals surface area contributed by atoms with E-state index >= 15 is 0 Å². The van der Waals surface area contributed by atoms with Gasteiger partial charge in [-0.05, 0) is 13.8 Å². The van der Waals surface area contributed by atoms with Gasteiger partial charge in [-0.3, -0.25) is 0 Å². The Kier molecular flexibility index (Phi) is 8.06. The Bertz CT molecular complexity index is 272. The van der Waals surface area contributed by atoms with E-state index in [0.29, 0.717) is 13.2 Å². The molecule has 0 aliphatic rings. The molecule has 0 radical (unpaired) electrons. The number of carboxylic acid groups (broad SMARTS) is 1. The van der Waals surface area contributed by atoms with Crippen molar-refractivity contribution in [3.8, 4) is 0 Å². The van der Waals surface area contributed by atoms with Crippen LogP contribution in [0.15, 0.2) is 0 Å². The van der Waals surface area contributed by atoms with Crippen molar-refractivity contribution in [1.29, 1.82) is 0 Å². The number of hydrogen-bond donors (Lipinski definition) is 3. The monoisotopic (exact) mass is 262 g/mol. The topological polar surface area (TPSA) is 99.1 Å². The van der Waals surface area contributed by atoms with Crippen LogP contribution in [-0.4, -0.2) is 66.1 Å². The molecule has 7 heteroatoms. The van der Waals surface area contributed by atoms with Crippen LogP contribution in [0.3, 0.4) is 0 Å². The highest BCUT2D eigenvalue weighted by Crippen LogP contribution is 2.00. The molecule has 2 atom stereocenters. The summed E-state index contributed by atoms with van der Waals surface area (Å²) >= 11 is 0. The number of urea groups is 1. The second kappa shape index (κ2) is 8.71. The number of nitrogens with zero attached hydrogens (tertiary/aromatic N) is 1. The third kappa shape index (κ3) is 5.83. The summed E-state index contributed by atoms with van der Waals surface area (Å²) in [5.41, 5.74) is 0. The summed E-state index contributed by atoms with van der Waals surface area (Å²) in [7, 11) is 1.56. The molecule has 0 heterocycles. The number of ether oxygens (including phenoxy) is 1. The molecule has 0 saturated carbocycles. The Labute approximate surface area is 107 Å². The van der Waals surface area contributed by atoms with Gasteiger partial charge in [0.25, 0.3) is 0 Å². The summed E-state index contributed by atoms with van der Waals surface area (Å²) in [6, 6.07) is -0.357. The average Bonchev–Trinajstić information content (AvgIpc) is 2.29. The van der Waals surface area contributed by atoms with E-state index < -0.39 is 12.1 Å². The Morgan fingerprint density at radius 2 is 2.06 bits per heavy atom. The Balaban J connectivity index is 4.09. The molecule has 0 aliphatic heterocycles. The lowest BCUT2D eigenvalue weighted by Gasteiger charge is -2.27. The van der Waals surface area contributed by atoms with E-state index in [9.17, 15) is 9.59 Å². The molecular formula is C11H22N2O5. The minimum absolute atomic E-state index is 0.0166. The van der Waals surface area contributed by atoms with Gasteiger partial charge in [0.2, 0.25) is 0 Å². The Morgan fingerprint density at radius 3 is 2.50 bits per heavy atom. The van der Waals surface area contributed by atoms with Crippen molar-refractivity contribution >= 4 is 12.0 Å². The zero-order valence-corrected chi connectivity index (χ0v) is 11.0. The molecular weight excluding hydrogens is 240 g/mol. The number of carbonyl (C=O) groups excluding carboxylic acids is 1. The summed E-state index contributed by atoms with van der Waals surface area (Å²) < 4.78 is 4.97. The van der Waals surface area contributed by atoms with Crippen LogP contribution in [0, 0.1) is 0 Å². The van der Waals surface area contributed by atoms with Gasteiger partial charge in [-0.2, -0.15) is 0 Å². The molecule has 1 unspecified atom stereocenters. The summed E-state index contributed by atoms with van der Waals surface area (Å²) in [5, 5.41) is 20.1. The minimum atomic E-state index is -1.45. The molecule has 0 aromatic heterocycles. The number of aliphatic carboxylic acids is 1. The quantitative estimate of drug-likeness (QED) is 0.567. The summed E-state index contributed by atoms with van der Waals surface area (Å²) in [5.74, 6) is -1.29. The first-order chi connectivity index (χ1) is 8.43. The predicted molar refractivity (Wildman–Crippen MR) is 65.4 cm³/mol. The number of carboxylic acids is 1. The van der Waals surface area contributed by atoms with Crippen LogP contribution in [-0.2, 0) is 9.53 Å². The van der Waals surface area contributed by atoms with Crippen LogP contribution in [0.1, 0.15) is 20.3 Å². The lowest BCUT2D eigenvalue weighted by Crippen LogP contribution is -2.47. The fourth-order valence-electron chi connectivity index (χ4n) is 1.53. The van der Waals surface area contributed by atoms with Gasteiger partial charge in [-0.15, -0.1) is 0 Å². The zero-order chi connectivity index (χ0) is 14.1. The van der Waals surface area contributed by atoms with Crippen LogP contribution in [0.25, 0.3) is 0 Å². The lowest BCUT2D eigenvalue weighted by molar-refractivity contribution is -0.146. The van der Waals surface area contributed by atoms with Crippen molar-refractivity contribution in [1.82, 2.24) is 10.2 Å². The molecule has 0 spiro atoms. The molecule has 0 aromatic carbocycles. The van der Waals surface area contributed by atoms with Gasteiger partial charge in [0.05, 0.1) is 12.6 Å². The molecule has 0 fully saturated rings. The lowest BCUT2D eigenvalue weighted by atomic mass is 10.2. The van der Waals surface area contributed by atoms with Crippen LogP contribution in [0.4, 0.5) is 4.79 Å². The molecule has 106 valence electrons. The van der Waals surface area contributed by atoms with E-state index in [4.69, 9.17) is 14.9 Å². The largest absolute Gasteiger partial charge is 0.479 e. The van der Waals surface area contributed by atoms with Gasteiger partial charge in [0.1, 0.15) is 0 Å². The van der Waals surface area contributed by atoms with Crippen LogP contribution in [0.2, 0.25) is 0 Å². The highest BCUT2D eigenvalue weighted by Gasteiger charge is 2.19. The normalized spacial score (nSPS) is 13.8. The zero-order valence-electron chi connectivity index (χ0n) is 11.0. The second-order valence-corrected chi connectivity index (χ2v) is 3.97. The smallest absolute Gasteiger partial charge is 0.332 e. The van der Waals surface area contributed by atoms with Crippen molar-refractivity contribution in [3.63, 3.8) is 0 Å². The maximum Gasteiger partial charge on any atom is 0.332 e. The number of methoxy groups -OCH3 is 1. The summed E-state index contributed by atoms with van der Waals surface area (Å²) in [6.07, 6.45) is -1.46. The van der Waals surface area contributed by atoms with E-state index in [0.717, 1.165) is 0 Å². The average molecular weight is 262 g/mol. The molecule has 2 amide bonds. The highest BCUT2D eigenvalue weighted by molar-refractivity contribution is 5.75. The van der Waals surface area contributed by atoms with Crippen molar-refractivity contribution < 1.29 is 24.5 Å². The van der Waals surface area contributed by atoms with E-state index in [1.165, 1.54) is 0 Å². The summed E-state index contributed by atoms with van der Waals surface area (Å²) in [6.45, 7) is 4.77. The maximum absolute atomic E-state index is 11.8. The SMILES string of the molecule is CCN(C(=O)NCC[C@H](O)C(=O)O)C(C)COC. The van der Waals surface area contributed by atoms with Gasteiger partial charge < -0.3 is 25.2 Å². The molecule has 0 aromatic rings. The Hall–Kier alpha value is -1.34. The number of rotatable bonds is 8. The van der Waals surface area contributed by atoms with E-state index in [1.54, 1.807) is 12.0 Å². The van der Waals surface area contributed by atoms with Crippen molar-refractivity contribution in [2.75, 3.05) is 26.8 Å². The number of carbonyl (C=O) groups is 2. The predicted octanol–water partition coefficient (Wildman–Crippen LogP) is -0.112. The molecule has 0 saturated heterocycles. The molecule has 3 N–H and O–H groups in total. The fourth-order valence-corrected chi connectivity index (χ4v) is 1.53. The number of aliphatic hydroxyl groups is 1. The van der Waals surface area contributed by atoms with Crippen molar-refractivity contribution in [2.45, 2.75) is 32.4 Å². The minimum Gasteiger partial charge on any atom is -0.479 e. The molecule has 0 bridgehead atoms. The van der Waals surface area contributed by atoms with E-state index in [1.807, 2.05) is 13.8 Å². The number of nitrogens with one attached hydrogen (secondary N) is 1. The van der Waals surface area contributed by atoms with Gasteiger partial charge in [0.15, 0.2) is 6.10 Å². The third-order valence-corrected chi connectivity index (χ3v) is 2.52. The van der Waals surface area contributed by atoms with Gasteiger partial charge in [-0.1, -0.05) is 0 Å². The maximum atomic E-state index is 11.8. The highest BCUT2D eigenvalue weighted by atomic mass is 16.5. The molecule has 7 nitrogen and oxygen atoms in total. The second-order valence-electron chi connectivity index (χ2n) is 3.97. The number of aliphatic hydroxyl groups excluding tert-OH is 1. The van der Waals surface area contributed by atoms with Crippen LogP contribution >= 0.6 is 0 Å². The Morgan fingerprint density at radius 1 is 1.44 bits per heavy atom. The van der Waals surface area contributed by atoms with E-state index in [2.05, 4.69) is 5.32 Å². The number of likely N-dealkylation sites (N-methyl/N-ethyl adjacent to an activating group) is 1. The molecule has 0 aliphatic carbocycles. The van der Waals surface area contributed by atoms with Crippen molar-refractivity contribution in [3.05, 3.63) is 0 Å². The van der Waals surface area contributed by atoms with Gasteiger partial charge in [0, 0.05) is 26.6 Å². The van der Waals surface area contributed by atoms with Gasteiger partial charge in [-0.25, -0.2) is 9.59 Å². The fraction of sp³-hybridized carbons (Fsp3) is 0.818.